The maximum absolute atomic E-state index is 15.5. The Morgan fingerprint density at radius 2 is 1.85 bits per heavy atom. The van der Waals surface area contributed by atoms with Crippen LogP contribution in [0.4, 0.5) is 32.2 Å². The van der Waals surface area contributed by atoms with Crippen LogP contribution in [0.1, 0.15) is 79.8 Å². The van der Waals surface area contributed by atoms with Gasteiger partial charge in [-0.3, -0.25) is 23.7 Å². The van der Waals surface area contributed by atoms with Gasteiger partial charge in [0.15, 0.2) is 5.82 Å². The summed E-state index contributed by atoms with van der Waals surface area (Å²) in [7, 11) is -2.30. The maximum Gasteiger partial charge on any atom is 0.293 e. The van der Waals surface area contributed by atoms with Crippen molar-refractivity contribution in [3.8, 4) is 23.0 Å². The first-order chi connectivity index (χ1) is 29.1. The lowest BCUT2D eigenvalue weighted by Crippen LogP contribution is -2.50. The van der Waals surface area contributed by atoms with Crippen LogP contribution in [0.2, 0.25) is 5.02 Å². The Morgan fingerprint density at radius 3 is 2.55 bits per heavy atom. The van der Waals surface area contributed by atoms with E-state index in [0.717, 1.165) is 12.3 Å². The number of carbonyl (C=O) groups is 2. The smallest absolute Gasteiger partial charge is 0.293 e. The summed E-state index contributed by atoms with van der Waals surface area (Å²) in [5.41, 5.74) is -1.76. The minimum atomic E-state index is -3.84. The standard InChI is InChI=1S/C41H39ClF6N8O5S/c1-20(57)55-11-12-61-40(2,19-55)10-9-24-5-6-25(26-7-8-29(42)33-36(26)54(3)52-39(33)53-62(4,59)60)34(49-24)30(15-21-13-22(43)16-23(44)14-21)50-31(58)18-56-37-32(35(51-56)38(45)46)27-17-28(27)41(37,47)48/h5-8,13,16,21,27-28,30,38H,11-12,14-15,17-19H2,1-4H3,(H,50,58)(H,52,53)/t21?,27-,28+,30?,40+/m0/s1. The summed E-state index contributed by atoms with van der Waals surface area (Å²) in [4.78, 5) is 32.8. The van der Waals surface area contributed by atoms with Gasteiger partial charge < -0.3 is 15.0 Å². The number of allylic oxidation sites excluding steroid dienone is 4. The second-order valence-corrected chi connectivity index (χ2v) is 18.4. The van der Waals surface area contributed by atoms with E-state index in [1.807, 2.05) is 0 Å². The van der Waals surface area contributed by atoms with E-state index < -0.39 is 87.3 Å². The SMILES string of the molecule is CC(=O)N1CCO[C@](C)(C#Cc2ccc(-c3ccc(Cl)c4c(NS(C)(=O)=O)nn(C)c34)c(C(CC3C=C(F)C=C(F)C3)NC(=O)Cn3nc(C(F)F)c4c3C(F)(F)[C@@H]3C[C@H]43)n2)C1. The van der Waals surface area contributed by atoms with E-state index in [-0.39, 0.29) is 71.5 Å². The van der Waals surface area contributed by atoms with Crippen molar-refractivity contribution >= 4 is 50.2 Å². The number of morpholine rings is 1. The van der Waals surface area contributed by atoms with E-state index in [9.17, 15) is 35.6 Å². The number of ether oxygens (including phenoxy) is 1. The van der Waals surface area contributed by atoms with Crippen molar-refractivity contribution in [3.63, 3.8) is 0 Å². The van der Waals surface area contributed by atoms with Crippen LogP contribution in [0.3, 0.4) is 0 Å². The van der Waals surface area contributed by atoms with Gasteiger partial charge in [-0.25, -0.2) is 31.0 Å². The molecule has 1 aromatic carbocycles. The number of amides is 2. The molecule has 62 heavy (non-hydrogen) atoms. The summed E-state index contributed by atoms with van der Waals surface area (Å²) in [6.07, 6.45) is -0.814. The number of sulfonamides is 1. The van der Waals surface area contributed by atoms with E-state index in [1.54, 1.807) is 30.0 Å². The van der Waals surface area contributed by atoms with Crippen molar-refractivity contribution in [1.82, 2.24) is 34.8 Å². The highest BCUT2D eigenvalue weighted by atomic mass is 35.5. The fourth-order valence-corrected chi connectivity index (χ4v) is 9.46. The summed E-state index contributed by atoms with van der Waals surface area (Å²) >= 11 is 6.64. The number of benzene rings is 1. The zero-order valence-electron chi connectivity index (χ0n) is 33.6. The van der Waals surface area contributed by atoms with Crippen LogP contribution in [0.15, 0.2) is 48.1 Å². The lowest BCUT2D eigenvalue weighted by atomic mass is 9.88. The monoisotopic (exact) mass is 904 g/mol. The van der Waals surface area contributed by atoms with Gasteiger partial charge in [0.2, 0.25) is 21.8 Å². The first kappa shape index (κ1) is 43.3. The Balaban J connectivity index is 1.26. The largest absolute Gasteiger partial charge is 0.359 e. The number of alkyl halides is 4. The number of aromatic nitrogens is 5. The van der Waals surface area contributed by atoms with Crippen LogP contribution in [0, 0.1) is 23.7 Å². The van der Waals surface area contributed by atoms with Crippen LogP contribution in [-0.4, -0.2) is 81.2 Å². The Morgan fingerprint density at radius 1 is 1.11 bits per heavy atom. The van der Waals surface area contributed by atoms with Crippen LogP contribution < -0.4 is 10.0 Å². The molecular formula is C41H39ClF6N8O5S. The van der Waals surface area contributed by atoms with Gasteiger partial charge in [-0.15, -0.1) is 0 Å². The number of pyridine rings is 1. The topological polar surface area (TPSA) is 153 Å². The highest BCUT2D eigenvalue weighted by Crippen LogP contribution is 2.68. The number of hydrogen-bond donors (Lipinski definition) is 2. The number of rotatable bonds is 10. The summed E-state index contributed by atoms with van der Waals surface area (Å²) in [5.74, 6) is -3.21. The van der Waals surface area contributed by atoms with Gasteiger partial charge in [-0.2, -0.15) is 19.0 Å². The van der Waals surface area contributed by atoms with Crippen molar-refractivity contribution in [2.45, 2.75) is 69.6 Å². The molecule has 0 bridgehead atoms. The zero-order chi connectivity index (χ0) is 44.6. The Kier molecular flexibility index (Phi) is 11.0. The minimum Gasteiger partial charge on any atom is -0.359 e. The molecule has 328 valence electrons. The molecule has 1 saturated carbocycles. The molecule has 2 unspecified atom stereocenters. The third-order valence-electron chi connectivity index (χ3n) is 11.4. The predicted molar refractivity (Wildman–Crippen MR) is 215 cm³/mol. The molecular weight excluding hydrogens is 866 g/mol. The molecule has 2 amide bonds. The van der Waals surface area contributed by atoms with Gasteiger partial charge in [0, 0.05) is 55.6 Å². The molecule has 0 radical (unpaired) electrons. The Bertz CT molecular complexity index is 2780. The number of nitrogens with zero attached hydrogens (tertiary/aromatic N) is 6. The van der Waals surface area contributed by atoms with Gasteiger partial charge in [0.05, 0.1) is 47.1 Å². The number of fused-ring (bicyclic) bond motifs is 4. The number of nitrogens with one attached hydrogen (secondary N) is 2. The molecule has 4 aromatic rings. The van der Waals surface area contributed by atoms with Crippen molar-refractivity contribution in [2.24, 2.45) is 18.9 Å². The molecule has 0 spiro atoms. The first-order valence-electron chi connectivity index (χ1n) is 19.5. The molecule has 3 aromatic heterocycles. The van der Waals surface area contributed by atoms with Crippen molar-refractivity contribution in [3.05, 3.63) is 81.4 Å². The van der Waals surface area contributed by atoms with E-state index in [1.165, 1.54) is 30.8 Å². The molecule has 2 fully saturated rings. The molecule has 21 heteroatoms. The second kappa shape index (κ2) is 15.8. The number of halogens is 7. The fourth-order valence-electron chi connectivity index (χ4n) is 8.73. The molecule has 8 rings (SSSR count). The molecule has 4 heterocycles. The summed E-state index contributed by atoms with van der Waals surface area (Å²) in [6, 6.07) is 4.99. The van der Waals surface area contributed by atoms with Crippen molar-refractivity contribution in [1.29, 1.82) is 0 Å². The Labute approximate surface area is 356 Å². The predicted octanol–water partition coefficient (Wildman–Crippen LogP) is 6.97. The van der Waals surface area contributed by atoms with Crippen LogP contribution >= 0.6 is 11.6 Å². The average Bonchev–Trinajstić information content (AvgIpc) is 3.72. The van der Waals surface area contributed by atoms with E-state index in [2.05, 4.69) is 32.1 Å². The lowest BCUT2D eigenvalue weighted by Gasteiger charge is -2.36. The molecule has 2 N–H and O–H groups in total. The number of carbonyl (C=O) groups excluding carboxylic acids is 2. The van der Waals surface area contributed by atoms with Crippen LogP contribution in [0.5, 0.6) is 0 Å². The first-order valence-corrected chi connectivity index (χ1v) is 21.8. The molecule has 1 saturated heterocycles. The van der Waals surface area contributed by atoms with Gasteiger partial charge in [-0.1, -0.05) is 23.6 Å². The lowest BCUT2D eigenvalue weighted by molar-refractivity contribution is -0.139. The third-order valence-corrected chi connectivity index (χ3v) is 12.3. The van der Waals surface area contributed by atoms with Gasteiger partial charge in [0.25, 0.3) is 12.3 Å². The van der Waals surface area contributed by atoms with Gasteiger partial charge >= 0.3 is 0 Å². The average molecular weight is 905 g/mol. The number of hydrogen-bond acceptors (Lipinski definition) is 8. The van der Waals surface area contributed by atoms with Crippen molar-refractivity contribution in [2.75, 3.05) is 30.7 Å². The normalized spacial score (nSPS) is 23.2. The molecule has 4 aliphatic rings. The highest BCUT2D eigenvalue weighted by molar-refractivity contribution is 7.92. The van der Waals surface area contributed by atoms with Crippen LogP contribution in [-0.2, 0) is 43.9 Å². The third kappa shape index (κ3) is 8.29. The zero-order valence-corrected chi connectivity index (χ0v) is 35.2. The van der Waals surface area contributed by atoms with E-state index in [4.69, 9.17) is 21.3 Å². The molecule has 13 nitrogen and oxygen atoms in total. The highest BCUT2D eigenvalue weighted by Gasteiger charge is 2.67. The van der Waals surface area contributed by atoms with Gasteiger partial charge in [-0.05, 0) is 61.8 Å². The van der Waals surface area contributed by atoms with E-state index in [0.29, 0.717) is 27.9 Å². The summed E-state index contributed by atoms with van der Waals surface area (Å²) in [5, 5.41) is 11.2. The minimum absolute atomic E-state index is 0.0184. The quantitative estimate of drug-likeness (QED) is 0.128. The van der Waals surface area contributed by atoms with Crippen molar-refractivity contribution < 1.29 is 49.1 Å². The van der Waals surface area contributed by atoms with Gasteiger partial charge in [0.1, 0.15) is 40.9 Å². The van der Waals surface area contributed by atoms with Crippen LogP contribution in [0.25, 0.3) is 22.0 Å². The molecule has 1 aliphatic heterocycles. The fraction of sp³-hybridized carbons (Fsp3) is 0.439. The summed E-state index contributed by atoms with van der Waals surface area (Å²) in [6.45, 7) is 2.95. The van der Waals surface area contributed by atoms with E-state index >= 15 is 8.78 Å². The number of aryl methyl sites for hydroxylation is 1. The Hall–Kier alpha value is -5.39. The molecule has 3 aliphatic carbocycles. The maximum atomic E-state index is 15.5. The number of anilines is 1. The second-order valence-electron chi connectivity index (χ2n) is 16.2. The summed E-state index contributed by atoms with van der Waals surface area (Å²) < 4.78 is 124. The molecule has 5 atom stereocenters.